The number of benzene rings is 3. The van der Waals surface area contributed by atoms with Crippen molar-refractivity contribution >= 4 is 28.6 Å². The number of nitrogens with one attached hydrogen (secondary N) is 1. The van der Waals surface area contributed by atoms with Gasteiger partial charge in [-0.05, 0) is 43.7 Å². The van der Waals surface area contributed by atoms with Crippen LogP contribution < -0.4 is 10.2 Å². The number of piperazine rings is 1. The summed E-state index contributed by atoms with van der Waals surface area (Å²) in [4.78, 5) is 23.3. The molecule has 3 aromatic carbocycles. The van der Waals surface area contributed by atoms with E-state index in [9.17, 15) is 4.79 Å². The van der Waals surface area contributed by atoms with E-state index in [1.165, 1.54) is 11.3 Å². The summed E-state index contributed by atoms with van der Waals surface area (Å²) >= 11 is 0. The summed E-state index contributed by atoms with van der Waals surface area (Å²) in [6.07, 6.45) is 0. The second-order valence-electron chi connectivity index (χ2n) is 9.39. The van der Waals surface area contributed by atoms with Crippen LogP contribution >= 0.6 is 0 Å². The molecule has 4 aromatic rings. The highest BCUT2D eigenvalue weighted by Gasteiger charge is 2.36. The van der Waals surface area contributed by atoms with Crippen LogP contribution in [0.15, 0.2) is 90.1 Å². The molecule has 1 saturated heterocycles. The van der Waals surface area contributed by atoms with E-state index >= 15 is 0 Å². The molecule has 1 N–H and O–H groups in total. The second-order valence-corrected chi connectivity index (χ2v) is 9.39. The molecule has 6 rings (SSSR count). The van der Waals surface area contributed by atoms with Crippen LogP contribution in [0.3, 0.4) is 0 Å². The van der Waals surface area contributed by atoms with Crippen LogP contribution in [0.5, 0.6) is 0 Å². The number of para-hydroxylation sites is 3. The van der Waals surface area contributed by atoms with Gasteiger partial charge in [-0.2, -0.15) is 0 Å². The van der Waals surface area contributed by atoms with Crippen LogP contribution in [-0.2, 0) is 4.79 Å². The first kappa shape index (κ1) is 21.5. The Morgan fingerprint density at radius 1 is 0.857 bits per heavy atom. The molecule has 3 heterocycles. The minimum atomic E-state index is -0.237. The summed E-state index contributed by atoms with van der Waals surface area (Å²) in [5.41, 5.74) is 7.10. The summed E-state index contributed by atoms with van der Waals surface area (Å²) in [6.45, 7) is 7.13. The molecule has 1 aromatic heterocycles. The van der Waals surface area contributed by atoms with Crippen molar-refractivity contribution in [3.8, 4) is 0 Å². The number of rotatable bonds is 3. The highest BCUT2D eigenvalue weighted by molar-refractivity contribution is 5.98. The number of carbonyl (C=O) groups is 1. The van der Waals surface area contributed by atoms with Gasteiger partial charge >= 0.3 is 0 Å². The van der Waals surface area contributed by atoms with Gasteiger partial charge in [-0.25, -0.2) is 4.98 Å². The quantitative estimate of drug-likeness (QED) is 0.466. The van der Waals surface area contributed by atoms with Gasteiger partial charge in [0.1, 0.15) is 0 Å². The zero-order chi connectivity index (χ0) is 23.9. The first-order valence-electron chi connectivity index (χ1n) is 12.2. The number of hydrogen-bond donors (Lipinski definition) is 1. The lowest BCUT2D eigenvalue weighted by Crippen LogP contribution is -2.50. The summed E-state index contributed by atoms with van der Waals surface area (Å²) in [5.74, 6) is 0.872. The third kappa shape index (κ3) is 3.75. The molecule has 0 bridgehead atoms. The van der Waals surface area contributed by atoms with Crippen LogP contribution in [0.4, 0.5) is 11.6 Å². The Bertz CT molecular complexity index is 1410. The minimum Gasteiger partial charge on any atom is -0.368 e. The van der Waals surface area contributed by atoms with Crippen molar-refractivity contribution in [2.24, 2.45) is 0 Å². The number of amides is 1. The van der Waals surface area contributed by atoms with Crippen LogP contribution in [0.2, 0.25) is 0 Å². The molecule has 2 aliphatic rings. The lowest BCUT2D eigenvalue weighted by molar-refractivity contribution is -0.127. The van der Waals surface area contributed by atoms with Gasteiger partial charge in [0.25, 0.3) is 5.91 Å². The number of aryl methyl sites for hydroxylation is 1. The molecule has 1 unspecified atom stereocenters. The standard InChI is InChI=1S/C29H29N5O/c1-20-12-14-22(15-13-20)27-26(21(2)30-29-31-24-10-6-7-11-25(24)34(27)29)28(35)33-18-16-32(17-19-33)23-8-4-3-5-9-23/h3-15,27H,16-19H2,1-2H3,(H,30,31). The summed E-state index contributed by atoms with van der Waals surface area (Å²) < 4.78 is 2.18. The van der Waals surface area contributed by atoms with Gasteiger partial charge in [0, 0.05) is 37.6 Å². The zero-order valence-corrected chi connectivity index (χ0v) is 20.1. The molecule has 0 aliphatic carbocycles. The number of hydrogen-bond acceptors (Lipinski definition) is 4. The van der Waals surface area contributed by atoms with Crippen molar-refractivity contribution in [2.75, 3.05) is 36.4 Å². The van der Waals surface area contributed by atoms with E-state index < -0.39 is 0 Å². The lowest BCUT2D eigenvalue weighted by atomic mass is 9.93. The van der Waals surface area contributed by atoms with Crippen LogP contribution in [0, 0.1) is 6.92 Å². The van der Waals surface area contributed by atoms with Crippen molar-refractivity contribution in [2.45, 2.75) is 19.9 Å². The average Bonchev–Trinajstić information content (AvgIpc) is 3.26. The Balaban J connectivity index is 1.37. The van der Waals surface area contributed by atoms with Crippen LogP contribution in [0.1, 0.15) is 24.1 Å². The van der Waals surface area contributed by atoms with Gasteiger partial charge in [-0.1, -0.05) is 60.2 Å². The molecule has 1 amide bonds. The smallest absolute Gasteiger partial charge is 0.254 e. The van der Waals surface area contributed by atoms with Gasteiger partial charge in [0.05, 0.1) is 22.6 Å². The molecule has 1 atom stereocenters. The highest BCUT2D eigenvalue weighted by atomic mass is 16.2. The van der Waals surface area contributed by atoms with Gasteiger partial charge in [-0.3, -0.25) is 9.36 Å². The van der Waals surface area contributed by atoms with E-state index in [0.717, 1.165) is 46.9 Å². The number of imidazole rings is 1. The highest BCUT2D eigenvalue weighted by Crippen LogP contribution is 2.40. The van der Waals surface area contributed by atoms with Crippen molar-refractivity contribution < 1.29 is 4.79 Å². The largest absolute Gasteiger partial charge is 0.368 e. The first-order valence-corrected chi connectivity index (χ1v) is 12.2. The van der Waals surface area contributed by atoms with E-state index in [1.54, 1.807) is 0 Å². The van der Waals surface area contributed by atoms with Gasteiger partial charge in [-0.15, -0.1) is 0 Å². The average molecular weight is 464 g/mol. The zero-order valence-electron chi connectivity index (χ0n) is 20.1. The summed E-state index contributed by atoms with van der Waals surface area (Å²) in [5, 5.41) is 3.44. The Morgan fingerprint density at radius 3 is 2.29 bits per heavy atom. The van der Waals surface area contributed by atoms with E-state index in [0.29, 0.717) is 13.1 Å². The second kappa shape index (κ2) is 8.62. The lowest BCUT2D eigenvalue weighted by Gasteiger charge is -2.39. The van der Waals surface area contributed by atoms with Crippen molar-refractivity contribution in [3.05, 3.63) is 101 Å². The maximum absolute atomic E-state index is 14.1. The monoisotopic (exact) mass is 463 g/mol. The van der Waals surface area contributed by atoms with Crippen molar-refractivity contribution in [3.63, 3.8) is 0 Å². The SMILES string of the molecule is CC1=C(C(=O)N2CCN(c3ccccc3)CC2)C(c2ccc(C)cc2)n2c(nc3ccccc32)N1. The van der Waals surface area contributed by atoms with Crippen molar-refractivity contribution in [1.82, 2.24) is 14.5 Å². The Kier molecular flexibility index (Phi) is 5.29. The van der Waals surface area contributed by atoms with Gasteiger partial charge in [0.15, 0.2) is 0 Å². The predicted molar refractivity (Wildman–Crippen MR) is 141 cm³/mol. The first-order chi connectivity index (χ1) is 17.1. The van der Waals surface area contributed by atoms with E-state index in [2.05, 4.69) is 76.3 Å². The molecule has 6 heteroatoms. The number of fused-ring (bicyclic) bond motifs is 3. The molecule has 0 radical (unpaired) electrons. The third-order valence-electron chi connectivity index (χ3n) is 7.14. The minimum absolute atomic E-state index is 0.0942. The molecule has 1 fully saturated rings. The number of carbonyl (C=O) groups excluding carboxylic acids is 1. The molecule has 0 spiro atoms. The fourth-order valence-corrected chi connectivity index (χ4v) is 5.28. The fourth-order valence-electron chi connectivity index (χ4n) is 5.28. The van der Waals surface area contributed by atoms with Gasteiger partial charge < -0.3 is 15.1 Å². The summed E-state index contributed by atoms with van der Waals surface area (Å²) in [6, 6.07) is 26.8. The maximum atomic E-state index is 14.1. The maximum Gasteiger partial charge on any atom is 0.254 e. The summed E-state index contributed by atoms with van der Waals surface area (Å²) in [7, 11) is 0. The van der Waals surface area contributed by atoms with Crippen molar-refractivity contribution in [1.29, 1.82) is 0 Å². The Morgan fingerprint density at radius 2 is 1.54 bits per heavy atom. The fraction of sp³-hybridized carbons (Fsp3) is 0.241. The van der Waals surface area contributed by atoms with Crippen LogP contribution in [-0.4, -0.2) is 46.5 Å². The molecular formula is C29H29N5O. The predicted octanol–water partition coefficient (Wildman–Crippen LogP) is 4.98. The van der Waals surface area contributed by atoms with Crippen LogP contribution in [0.25, 0.3) is 11.0 Å². The van der Waals surface area contributed by atoms with E-state index in [1.807, 2.05) is 36.1 Å². The number of aromatic nitrogens is 2. The third-order valence-corrected chi connectivity index (χ3v) is 7.14. The van der Waals surface area contributed by atoms with E-state index in [-0.39, 0.29) is 11.9 Å². The number of nitrogens with zero attached hydrogens (tertiary/aromatic N) is 4. The van der Waals surface area contributed by atoms with E-state index in [4.69, 9.17) is 4.98 Å². The van der Waals surface area contributed by atoms with Gasteiger partial charge in [0.2, 0.25) is 5.95 Å². The number of allylic oxidation sites excluding steroid dienone is 1. The molecule has 176 valence electrons. The molecule has 2 aliphatic heterocycles. The molecule has 0 saturated carbocycles. The Labute approximate surface area is 205 Å². The molecule has 6 nitrogen and oxygen atoms in total. The topological polar surface area (TPSA) is 53.4 Å². The molecular weight excluding hydrogens is 434 g/mol. The molecule has 35 heavy (non-hydrogen) atoms. The number of anilines is 2. The Hall–Kier alpha value is -4.06. The normalized spacial score (nSPS) is 17.9.